The average molecular weight is 431 g/mol. The SMILES string of the molecule is COCCNc1ccc([N+](=O)[O-])cc1C(=O)OCc1csc(-c2ccc(F)cc2)n1. The molecule has 2 aromatic carbocycles. The minimum absolute atomic E-state index is 0.0503. The summed E-state index contributed by atoms with van der Waals surface area (Å²) < 4.78 is 23.3. The molecule has 10 heteroatoms. The minimum atomic E-state index is -0.713. The van der Waals surface area contributed by atoms with E-state index in [0.717, 1.165) is 5.56 Å². The van der Waals surface area contributed by atoms with Crippen LogP contribution in [-0.2, 0) is 16.1 Å². The van der Waals surface area contributed by atoms with Crippen molar-refractivity contribution in [2.75, 3.05) is 25.6 Å². The predicted octanol–water partition coefficient (Wildman–Crippen LogP) is 4.27. The van der Waals surface area contributed by atoms with Crippen molar-refractivity contribution < 1.29 is 23.6 Å². The van der Waals surface area contributed by atoms with Gasteiger partial charge < -0.3 is 14.8 Å². The van der Waals surface area contributed by atoms with Gasteiger partial charge in [0.05, 0.1) is 22.8 Å². The molecule has 0 radical (unpaired) electrons. The number of rotatable bonds is 9. The second-order valence-corrected chi connectivity index (χ2v) is 6.99. The second-order valence-electron chi connectivity index (χ2n) is 6.13. The van der Waals surface area contributed by atoms with Crippen molar-refractivity contribution in [1.82, 2.24) is 4.98 Å². The first kappa shape index (κ1) is 21.3. The molecule has 0 spiro atoms. The lowest BCUT2D eigenvalue weighted by Crippen LogP contribution is -2.13. The lowest BCUT2D eigenvalue weighted by atomic mass is 10.1. The number of nitrogens with one attached hydrogen (secondary N) is 1. The molecular formula is C20H18FN3O5S. The number of aromatic nitrogens is 1. The summed E-state index contributed by atoms with van der Waals surface area (Å²) in [4.78, 5) is 27.4. The molecule has 3 rings (SSSR count). The number of benzene rings is 2. The molecule has 0 bridgehead atoms. The lowest BCUT2D eigenvalue weighted by molar-refractivity contribution is -0.384. The fraction of sp³-hybridized carbons (Fsp3) is 0.200. The summed E-state index contributed by atoms with van der Waals surface area (Å²) in [6.45, 7) is 0.717. The molecule has 0 saturated carbocycles. The molecule has 0 aliphatic heterocycles. The Morgan fingerprint density at radius 3 is 2.73 bits per heavy atom. The van der Waals surface area contributed by atoms with Crippen LogP contribution in [0.4, 0.5) is 15.8 Å². The van der Waals surface area contributed by atoms with Crippen LogP contribution in [0.1, 0.15) is 16.1 Å². The van der Waals surface area contributed by atoms with Gasteiger partial charge in [0.25, 0.3) is 5.69 Å². The van der Waals surface area contributed by atoms with E-state index in [-0.39, 0.29) is 23.7 Å². The van der Waals surface area contributed by atoms with Crippen molar-refractivity contribution >= 4 is 28.7 Å². The van der Waals surface area contributed by atoms with Gasteiger partial charge in [0.1, 0.15) is 17.4 Å². The van der Waals surface area contributed by atoms with E-state index in [1.807, 2.05) is 0 Å². The molecule has 0 atom stereocenters. The molecule has 0 aliphatic rings. The van der Waals surface area contributed by atoms with E-state index in [0.29, 0.717) is 29.5 Å². The maximum absolute atomic E-state index is 13.1. The first-order valence-corrected chi connectivity index (χ1v) is 9.74. The van der Waals surface area contributed by atoms with Gasteiger partial charge in [-0.2, -0.15) is 0 Å². The summed E-state index contributed by atoms with van der Waals surface area (Å²) in [6, 6.07) is 9.85. The summed E-state index contributed by atoms with van der Waals surface area (Å²) in [6.07, 6.45) is 0. The Balaban J connectivity index is 1.71. The number of ether oxygens (including phenoxy) is 2. The zero-order chi connectivity index (χ0) is 21.5. The first-order chi connectivity index (χ1) is 14.5. The van der Waals surface area contributed by atoms with Crippen LogP contribution in [0.2, 0.25) is 0 Å². The fourth-order valence-corrected chi connectivity index (χ4v) is 3.38. The number of methoxy groups -OCH3 is 1. The number of hydrogen-bond donors (Lipinski definition) is 1. The zero-order valence-electron chi connectivity index (χ0n) is 16.0. The predicted molar refractivity (Wildman–Crippen MR) is 110 cm³/mol. The first-order valence-electron chi connectivity index (χ1n) is 8.86. The third-order valence-electron chi connectivity index (χ3n) is 4.05. The Labute approximate surface area is 175 Å². The molecule has 1 aromatic heterocycles. The summed E-state index contributed by atoms with van der Waals surface area (Å²) in [5.41, 5.74) is 1.52. The van der Waals surface area contributed by atoms with Gasteiger partial charge in [-0.3, -0.25) is 10.1 Å². The van der Waals surface area contributed by atoms with E-state index in [2.05, 4.69) is 10.3 Å². The summed E-state index contributed by atoms with van der Waals surface area (Å²) in [7, 11) is 1.54. The average Bonchev–Trinajstić information content (AvgIpc) is 3.22. The van der Waals surface area contributed by atoms with E-state index in [1.165, 1.54) is 41.7 Å². The van der Waals surface area contributed by atoms with Gasteiger partial charge in [-0.05, 0) is 30.3 Å². The molecular weight excluding hydrogens is 413 g/mol. The van der Waals surface area contributed by atoms with Gasteiger partial charge in [0, 0.05) is 42.4 Å². The van der Waals surface area contributed by atoms with Crippen LogP contribution in [0.15, 0.2) is 47.8 Å². The number of nitrogens with zero attached hydrogens (tertiary/aromatic N) is 2. The molecule has 156 valence electrons. The summed E-state index contributed by atoms with van der Waals surface area (Å²) >= 11 is 1.34. The van der Waals surface area contributed by atoms with E-state index < -0.39 is 10.9 Å². The highest BCUT2D eigenvalue weighted by Crippen LogP contribution is 2.26. The standard InChI is InChI=1S/C20H18FN3O5S/c1-28-9-8-22-18-7-6-16(24(26)27)10-17(18)20(25)29-11-15-12-30-19(23-15)13-2-4-14(21)5-3-13/h2-7,10,12,22H,8-9,11H2,1H3. The highest BCUT2D eigenvalue weighted by Gasteiger charge is 2.18. The van der Waals surface area contributed by atoms with Crippen molar-refractivity contribution in [3.8, 4) is 10.6 Å². The smallest absolute Gasteiger partial charge is 0.340 e. The number of esters is 1. The molecule has 8 nitrogen and oxygen atoms in total. The van der Waals surface area contributed by atoms with E-state index in [1.54, 1.807) is 24.6 Å². The minimum Gasteiger partial charge on any atom is -0.455 e. The molecule has 0 fully saturated rings. The third-order valence-corrected chi connectivity index (χ3v) is 4.99. The van der Waals surface area contributed by atoms with Crippen molar-refractivity contribution in [1.29, 1.82) is 0 Å². The monoisotopic (exact) mass is 431 g/mol. The fourth-order valence-electron chi connectivity index (χ4n) is 2.57. The number of thiazole rings is 1. The van der Waals surface area contributed by atoms with Gasteiger partial charge in [-0.15, -0.1) is 11.3 Å². The zero-order valence-corrected chi connectivity index (χ0v) is 16.8. The normalized spacial score (nSPS) is 10.6. The maximum atomic E-state index is 13.1. The maximum Gasteiger partial charge on any atom is 0.340 e. The highest BCUT2D eigenvalue weighted by molar-refractivity contribution is 7.13. The van der Waals surface area contributed by atoms with Crippen LogP contribution in [0.5, 0.6) is 0 Å². The largest absolute Gasteiger partial charge is 0.455 e. The van der Waals surface area contributed by atoms with Gasteiger partial charge in [0.2, 0.25) is 0 Å². The Kier molecular flexibility index (Phi) is 7.04. The second kappa shape index (κ2) is 9.90. The number of nitro benzene ring substituents is 1. The quantitative estimate of drug-likeness (QED) is 0.233. The van der Waals surface area contributed by atoms with Crippen molar-refractivity contribution in [2.24, 2.45) is 0 Å². The van der Waals surface area contributed by atoms with Crippen LogP contribution < -0.4 is 5.32 Å². The Morgan fingerprint density at radius 2 is 2.03 bits per heavy atom. The molecule has 0 amide bonds. The van der Waals surface area contributed by atoms with Crippen LogP contribution in [-0.4, -0.2) is 36.1 Å². The van der Waals surface area contributed by atoms with Crippen molar-refractivity contribution in [3.05, 3.63) is 75.0 Å². The number of carbonyl (C=O) groups is 1. The number of halogens is 1. The van der Waals surface area contributed by atoms with E-state index in [4.69, 9.17) is 9.47 Å². The van der Waals surface area contributed by atoms with Crippen LogP contribution in [0.3, 0.4) is 0 Å². The molecule has 1 N–H and O–H groups in total. The molecule has 30 heavy (non-hydrogen) atoms. The van der Waals surface area contributed by atoms with E-state index >= 15 is 0 Å². The molecule has 0 unspecified atom stereocenters. The van der Waals surface area contributed by atoms with Crippen LogP contribution >= 0.6 is 11.3 Å². The van der Waals surface area contributed by atoms with Gasteiger partial charge in [-0.25, -0.2) is 14.2 Å². The van der Waals surface area contributed by atoms with E-state index in [9.17, 15) is 19.3 Å². The molecule has 0 aliphatic carbocycles. The van der Waals surface area contributed by atoms with Crippen molar-refractivity contribution in [2.45, 2.75) is 6.61 Å². The number of nitro groups is 1. The number of carbonyl (C=O) groups excluding carboxylic acids is 1. The Hall–Kier alpha value is -3.37. The number of non-ortho nitro benzene ring substituents is 1. The van der Waals surface area contributed by atoms with Crippen molar-refractivity contribution in [3.63, 3.8) is 0 Å². The molecule has 1 heterocycles. The lowest BCUT2D eigenvalue weighted by Gasteiger charge is -2.11. The number of hydrogen-bond acceptors (Lipinski definition) is 8. The Bertz CT molecular complexity index is 1040. The number of anilines is 1. The van der Waals surface area contributed by atoms with Gasteiger partial charge in [0.15, 0.2) is 0 Å². The molecule has 3 aromatic rings. The van der Waals surface area contributed by atoms with Gasteiger partial charge in [-0.1, -0.05) is 0 Å². The Morgan fingerprint density at radius 1 is 1.27 bits per heavy atom. The third kappa shape index (κ3) is 5.37. The highest BCUT2D eigenvalue weighted by atomic mass is 32.1. The molecule has 0 saturated heterocycles. The topological polar surface area (TPSA) is 104 Å². The van der Waals surface area contributed by atoms with Crippen LogP contribution in [0, 0.1) is 15.9 Å². The van der Waals surface area contributed by atoms with Gasteiger partial charge >= 0.3 is 5.97 Å². The van der Waals surface area contributed by atoms with Crippen LogP contribution in [0.25, 0.3) is 10.6 Å². The summed E-state index contributed by atoms with van der Waals surface area (Å²) in [5.74, 6) is -1.05. The summed E-state index contributed by atoms with van der Waals surface area (Å²) in [5, 5.41) is 16.5.